The first-order chi connectivity index (χ1) is 8.10. The molecule has 1 aliphatic rings. The Labute approximate surface area is 99.5 Å². The number of hydrogen-bond acceptors (Lipinski definition) is 4. The second kappa shape index (κ2) is 4.57. The van der Waals surface area contributed by atoms with E-state index in [9.17, 15) is 9.59 Å². The van der Waals surface area contributed by atoms with Crippen LogP contribution in [0.2, 0.25) is 0 Å². The van der Waals surface area contributed by atoms with Crippen LogP contribution in [0.15, 0.2) is 18.2 Å². The van der Waals surface area contributed by atoms with Crippen molar-refractivity contribution in [3.05, 3.63) is 29.3 Å². The van der Waals surface area contributed by atoms with E-state index in [1.807, 2.05) is 25.1 Å². The van der Waals surface area contributed by atoms with Crippen LogP contribution in [-0.4, -0.2) is 19.0 Å². The van der Waals surface area contributed by atoms with Crippen LogP contribution in [0.25, 0.3) is 0 Å². The fourth-order valence-corrected chi connectivity index (χ4v) is 2.01. The Morgan fingerprint density at radius 3 is 2.47 bits per heavy atom. The predicted octanol–water partition coefficient (Wildman–Crippen LogP) is 1.95. The SMILES string of the molecule is COc1cc(C2CC(=O)OC(=O)C2)ccc1C. The smallest absolute Gasteiger partial charge is 0.314 e. The van der Waals surface area contributed by atoms with Crippen LogP contribution in [0.5, 0.6) is 5.75 Å². The molecule has 2 rings (SSSR count). The Hall–Kier alpha value is -1.84. The molecule has 0 aliphatic carbocycles. The largest absolute Gasteiger partial charge is 0.496 e. The molecule has 17 heavy (non-hydrogen) atoms. The molecule has 4 nitrogen and oxygen atoms in total. The molecule has 0 unspecified atom stereocenters. The minimum Gasteiger partial charge on any atom is -0.496 e. The highest BCUT2D eigenvalue weighted by Crippen LogP contribution is 2.31. The summed E-state index contributed by atoms with van der Waals surface area (Å²) in [4.78, 5) is 22.4. The average Bonchev–Trinajstić information content (AvgIpc) is 2.28. The minimum atomic E-state index is -0.453. The topological polar surface area (TPSA) is 52.6 Å². The third-order valence-corrected chi connectivity index (χ3v) is 2.96. The number of rotatable bonds is 2. The summed E-state index contributed by atoms with van der Waals surface area (Å²) in [6, 6.07) is 5.73. The Kier molecular flexibility index (Phi) is 3.13. The van der Waals surface area contributed by atoms with Crippen molar-refractivity contribution < 1.29 is 19.1 Å². The van der Waals surface area contributed by atoms with E-state index in [1.54, 1.807) is 7.11 Å². The van der Waals surface area contributed by atoms with Crippen molar-refractivity contribution in [3.63, 3.8) is 0 Å². The molecule has 1 heterocycles. The summed E-state index contributed by atoms with van der Waals surface area (Å²) in [5.74, 6) is -0.233. The van der Waals surface area contributed by atoms with Gasteiger partial charge in [-0.25, -0.2) is 0 Å². The molecule has 0 saturated carbocycles. The number of aryl methyl sites for hydroxylation is 1. The quantitative estimate of drug-likeness (QED) is 0.579. The van der Waals surface area contributed by atoms with E-state index in [2.05, 4.69) is 4.74 Å². The van der Waals surface area contributed by atoms with Gasteiger partial charge in [-0.2, -0.15) is 0 Å². The lowest BCUT2D eigenvalue weighted by molar-refractivity contribution is -0.163. The summed E-state index contributed by atoms with van der Waals surface area (Å²) in [6.45, 7) is 1.95. The van der Waals surface area contributed by atoms with Crippen molar-refractivity contribution in [1.29, 1.82) is 0 Å². The van der Waals surface area contributed by atoms with Crippen LogP contribution < -0.4 is 4.74 Å². The van der Waals surface area contributed by atoms with Crippen LogP contribution in [0.3, 0.4) is 0 Å². The van der Waals surface area contributed by atoms with E-state index in [-0.39, 0.29) is 18.8 Å². The Bertz CT molecular complexity index is 448. The highest BCUT2D eigenvalue weighted by atomic mass is 16.6. The first-order valence-electron chi connectivity index (χ1n) is 5.48. The summed E-state index contributed by atoms with van der Waals surface area (Å²) in [5.41, 5.74) is 1.97. The predicted molar refractivity (Wildman–Crippen MR) is 60.8 cm³/mol. The number of carbonyl (C=O) groups excluding carboxylic acids is 2. The van der Waals surface area contributed by atoms with E-state index in [4.69, 9.17) is 4.74 Å². The van der Waals surface area contributed by atoms with Gasteiger partial charge in [0.1, 0.15) is 5.75 Å². The van der Waals surface area contributed by atoms with Gasteiger partial charge < -0.3 is 9.47 Å². The molecule has 0 N–H and O–H groups in total. The molecular formula is C13H14O4. The van der Waals surface area contributed by atoms with Crippen molar-refractivity contribution in [3.8, 4) is 5.75 Å². The Balaban J connectivity index is 2.27. The number of cyclic esters (lactones) is 2. The number of benzene rings is 1. The highest BCUT2D eigenvalue weighted by molar-refractivity contribution is 5.89. The molecule has 0 bridgehead atoms. The first-order valence-corrected chi connectivity index (χ1v) is 5.48. The van der Waals surface area contributed by atoms with Gasteiger partial charge in [-0.05, 0) is 24.1 Å². The molecule has 1 saturated heterocycles. The average molecular weight is 234 g/mol. The van der Waals surface area contributed by atoms with Gasteiger partial charge >= 0.3 is 11.9 Å². The molecule has 0 atom stereocenters. The molecular weight excluding hydrogens is 220 g/mol. The minimum absolute atomic E-state index is 0.0988. The maximum atomic E-state index is 11.2. The summed E-state index contributed by atoms with van der Waals surface area (Å²) in [6.07, 6.45) is 0.496. The number of hydrogen-bond donors (Lipinski definition) is 0. The molecule has 0 aromatic heterocycles. The molecule has 0 spiro atoms. The Morgan fingerprint density at radius 2 is 1.88 bits per heavy atom. The van der Waals surface area contributed by atoms with Gasteiger partial charge in [0, 0.05) is 5.92 Å². The van der Waals surface area contributed by atoms with E-state index in [1.165, 1.54) is 0 Å². The highest BCUT2D eigenvalue weighted by Gasteiger charge is 2.28. The normalized spacial score (nSPS) is 16.8. The standard InChI is InChI=1S/C13H14O4/c1-8-3-4-9(5-11(8)16-2)10-6-12(14)17-13(15)7-10/h3-5,10H,6-7H2,1-2H3. The fourth-order valence-electron chi connectivity index (χ4n) is 2.01. The van der Waals surface area contributed by atoms with Crippen LogP contribution in [0.4, 0.5) is 0 Å². The second-order valence-electron chi connectivity index (χ2n) is 4.18. The zero-order chi connectivity index (χ0) is 12.4. The zero-order valence-corrected chi connectivity index (χ0v) is 9.86. The number of carbonyl (C=O) groups is 2. The summed E-state index contributed by atoms with van der Waals surface area (Å²) < 4.78 is 9.74. The van der Waals surface area contributed by atoms with Crippen LogP contribution in [0, 0.1) is 6.92 Å². The van der Waals surface area contributed by atoms with Gasteiger partial charge in [-0.15, -0.1) is 0 Å². The van der Waals surface area contributed by atoms with Crippen LogP contribution in [0.1, 0.15) is 29.9 Å². The summed E-state index contributed by atoms with van der Waals surface area (Å²) >= 11 is 0. The maximum absolute atomic E-state index is 11.2. The molecule has 0 amide bonds. The fraction of sp³-hybridized carbons (Fsp3) is 0.385. The van der Waals surface area contributed by atoms with E-state index in [0.717, 1.165) is 16.9 Å². The van der Waals surface area contributed by atoms with E-state index >= 15 is 0 Å². The van der Waals surface area contributed by atoms with Gasteiger partial charge in [0.25, 0.3) is 0 Å². The lowest BCUT2D eigenvalue weighted by Gasteiger charge is -2.20. The van der Waals surface area contributed by atoms with Gasteiger partial charge in [0.2, 0.25) is 0 Å². The lowest BCUT2D eigenvalue weighted by Crippen LogP contribution is -2.24. The van der Waals surface area contributed by atoms with Crippen LogP contribution in [-0.2, 0) is 14.3 Å². The van der Waals surface area contributed by atoms with Crippen molar-refractivity contribution in [2.45, 2.75) is 25.7 Å². The molecule has 1 fully saturated rings. The molecule has 1 aromatic carbocycles. The second-order valence-corrected chi connectivity index (χ2v) is 4.18. The van der Waals surface area contributed by atoms with Crippen molar-refractivity contribution in [1.82, 2.24) is 0 Å². The van der Waals surface area contributed by atoms with Crippen LogP contribution >= 0.6 is 0 Å². The molecule has 0 radical (unpaired) electrons. The van der Waals surface area contributed by atoms with Crippen molar-refractivity contribution in [2.75, 3.05) is 7.11 Å². The molecule has 4 heteroatoms. The number of methoxy groups -OCH3 is 1. The lowest BCUT2D eigenvalue weighted by atomic mass is 9.90. The van der Waals surface area contributed by atoms with Crippen molar-refractivity contribution >= 4 is 11.9 Å². The van der Waals surface area contributed by atoms with Gasteiger partial charge in [0.15, 0.2) is 0 Å². The van der Waals surface area contributed by atoms with Gasteiger partial charge in [-0.3, -0.25) is 9.59 Å². The molecule has 1 aromatic rings. The zero-order valence-electron chi connectivity index (χ0n) is 9.86. The monoisotopic (exact) mass is 234 g/mol. The maximum Gasteiger partial charge on any atom is 0.314 e. The number of ether oxygens (including phenoxy) is 2. The van der Waals surface area contributed by atoms with E-state index < -0.39 is 11.9 Å². The third kappa shape index (κ3) is 2.46. The van der Waals surface area contributed by atoms with E-state index in [0.29, 0.717) is 0 Å². The first kappa shape index (κ1) is 11.6. The van der Waals surface area contributed by atoms with Gasteiger partial charge in [0.05, 0.1) is 20.0 Å². The van der Waals surface area contributed by atoms with Crippen molar-refractivity contribution in [2.24, 2.45) is 0 Å². The third-order valence-electron chi connectivity index (χ3n) is 2.96. The summed E-state index contributed by atoms with van der Waals surface area (Å²) in [5, 5.41) is 0. The summed E-state index contributed by atoms with van der Waals surface area (Å²) in [7, 11) is 1.60. The number of esters is 2. The molecule has 90 valence electrons. The molecule has 1 aliphatic heterocycles. The Morgan fingerprint density at radius 1 is 1.24 bits per heavy atom. The van der Waals surface area contributed by atoms with Gasteiger partial charge in [-0.1, -0.05) is 12.1 Å².